The molecule has 0 aromatic heterocycles. The van der Waals surface area contributed by atoms with Gasteiger partial charge < -0.3 is 21.9 Å². The highest BCUT2D eigenvalue weighted by Crippen LogP contribution is 2.16. The van der Waals surface area contributed by atoms with E-state index in [1.54, 1.807) is 0 Å². The molecule has 1 unspecified atom stereocenters. The van der Waals surface area contributed by atoms with Crippen LogP contribution in [0.15, 0.2) is 0 Å². The Kier molecular flexibility index (Phi) is 7.93. The molecule has 0 saturated carbocycles. The van der Waals surface area contributed by atoms with E-state index in [0.29, 0.717) is 13.0 Å². The van der Waals surface area contributed by atoms with Crippen LogP contribution in [0.4, 0.5) is 4.79 Å². The van der Waals surface area contributed by atoms with Crippen molar-refractivity contribution in [1.82, 2.24) is 10.2 Å². The Bertz CT molecular complexity index is 340. The fraction of sp³-hybridized carbons (Fsp3) is 0.727. The Morgan fingerprint density at radius 2 is 1.75 bits per heavy atom. The molecule has 9 heteroatoms. The largest absolute Gasteiger partial charge is 0.465 e. The lowest BCUT2D eigenvalue weighted by atomic mass is 10.2. The highest BCUT2D eigenvalue weighted by atomic mass is 35.5. The van der Waals surface area contributed by atoms with Gasteiger partial charge in [0.15, 0.2) is 0 Å². The fourth-order valence-corrected chi connectivity index (χ4v) is 2.22. The topological polar surface area (TPSA) is 139 Å². The van der Waals surface area contributed by atoms with E-state index in [0.717, 1.165) is 30.7 Å². The van der Waals surface area contributed by atoms with Crippen molar-refractivity contribution < 1.29 is 19.5 Å². The molecular weight excluding hydrogens is 288 g/mol. The summed E-state index contributed by atoms with van der Waals surface area (Å²) in [6.45, 7) is 1.36. The van der Waals surface area contributed by atoms with E-state index >= 15 is 0 Å². The summed E-state index contributed by atoms with van der Waals surface area (Å²) in [7, 11) is 0. The van der Waals surface area contributed by atoms with Crippen molar-refractivity contribution in [2.45, 2.75) is 37.8 Å². The van der Waals surface area contributed by atoms with Gasteiger partial charge >= 0.3 is 6.09 Å². The minimum atomic E-state index is -1.06. The number of halogens is 1. The lowest BCUT2D eigenvalue weighted by Gasteiger charge is -2.17. The minimum absolute atomic E-state index is 0. The number of carboxylic acid groups (broad SMARTS) is 1. The smallest absolute Gasteiger partial charge is 0.407 e. The lowest BCUT2D eigenvalue weighted by molar-refractivity contribution is -0.122. The molecule has 0 aromatic rings. The van der Waals surface area contributed by atoms with Crippen molar-refractivity contribution in [3.05, 3.63) is 0 Å². The van der Waals surface area contributed by atoms with Gasteiger partial charge in [0.25, 0.3) is 0 Å². The number of nitrogens with one attached hydrogen (secondary N) is 1. The molecule has 2 saturated heterocycles. The van der Waals surface area contributed by atoms with Crippen LogP contribution in [0.3, 0.4) is 0 Å². The summed E-state index contributed by atoms with van der Waals surface area (Å²) in [5, 5.41) is 11.5. The van der Waals surface area contributed by atoms with E-state index in [1.807, 2.05) is 0 Å². The average molecular weight is 309 g/mol. The fourth-order valence-electron chi connectivity index (χ4n) is 2.22. The Balaban J connectivity index is 0.000000359. The normalized spacial score (nSPS) is 24.3. The Hall–Kier alpha value is -1.54. The second-order valence-electron chi connectivity index (χ2n) is 4.59. The first-order valence-corrected chi connectivity index (χ1v) is 6.25. The van der Waals surface area contributed by atoms with Crippen LogP contribution in [0.5, 0.6) is 0 Å². The van der Waals surface area contributed by atoms with Crippen LogP contribution in [0, 0.1) is 0 Å². The number of amides is 3. The van der Waals surface area contributed by atoms with Gasteiger partial charge in [0.1, 0.15) is 6.04 Å². The third kappa shape index (κ3) is 5.22. The zero-order chi connectivity index (χ0) is 14.4. The number of carbonyl (C=O) groups excluding carboxylic acids is 2. The van der Waals surface area contributed by atoms with Gasteiger partial charge in [0.05, 0.1) is 6.04 Å². The summed E-state index contributed by atoms with van der Waals surface area (Å²) >= 11 is 0. The zero-order valence-electron chi connectivity index (χ0n) is 11.1. The minimum Gasteiger partial charge on any atom is -0.465 e. The second kappa shape index (κ2) is 8.60. The molecule has 2 rings (SSSR count). The standard InChI is InChI=1S/C6H10N2O3.C5H10N2O.ClH/c7-5(9)4-2-1-3-8(4)6(10)11;6-5(8)4-2-1-3-7-4;/h4H,1-3H2,(H2,7,9)(H,10,11);4,7H,1-3H2,(H2,6,8);1H/t;4-;/m.0./s1. The number of hydrogen-bond donors (Lipinski definition) is 4. The molecule has 2 heterocycles. The summed E-state index contributed by atoms with van der Waals surface area (Å²) in [5.74, 6) is -0.771. The molecule has 2 atom stereocenters. The predicted octanol–water partition coefficient (Wildman–Crippen LogP) is -0.740. The molecule has 0 aliphatic carbocycles. The monoisotopic (exact) mass is 308 g/mol. The predicted molar refractivity (Wildman–Crippen MR) is 74.4 cm³/mol. The average Bonchev–Trinajstić information content (AvgIpc) is 3.01. The van der Waals surface area contributed by atoms with Crippen LogP contribution in [-0.2, 0) is 9.59 Å². The van der Waals surface area contributed by atoms with Gasteiger partial charge in [-0.2, -0.15) is 0 Å². The van der Waals surface area contributed by atoms with E-state index in [-0.39, 0.29) is 24.4 Å². The molecule has 2 aliphatic rings. The molecule has 20 heavy (non-hydrogen) atoms. The van der Waals surface area contributed by atoms with Crippen molar-refractivity contribution in [3.8, 4) is 0 Å². The Morgan fingerprint density at radius 1 is 1.10 bits per heavy atom. The Morgan fingerprint density at radius 3 is 2.05 bits per heavy atom. The number of carbonyl (C=O) groups is 3. The van der Waals surface area contributed by atoms with Crippen LogP contribution in [0.25, 0.3) is 0 Å². The van der Waals surface area contributed by atoms with Crippen LogP contribution in [0.1, 0.15) is 25.7 Å². The highest BCUT2D eigenvalue weighted by molar-refractivity contribution is 5.85. The zero-order valence-corrected chi connectivity index (χ0v) is 11.9. The van der Waals surface area contributed by atoms with Crippen molar-refractivity contribution in [2.24, 2.45) is 11.5 Å². The number of primary amides is 2. The third-order valence-corrected chi connectivity index (χ3v) is 3.23. The molecule has 2 fully saturated rings. The van der Waals surface area contributed by atoms with Gasteiger partial charge in [-0.25, -0.2) is 4.79 Å². The van der Waals surface area contributed by atoms with Gasteiger partial charge in [0.2, 0.25) is 11.8 Å². The first kappa shape index (κ1) is 18.5. The molecule has 0 radical (unpaired) electrons. The van der Waals surface area contributed by atoms with Crippen LogP contribution in [-0.4, -0.2) is 53.1 Å². The maximum Gasteiger partial charge on any atom is 0.407 e. The van der Waals surface area contributed by atoms with Crippen molar-refractivity contribution in [1.29, 1.82) is 0 Å². The quantitative estimate of drug-likeness (QED) is 0.532. The van der Waals surface area contributed by atoms with Crippen LogP contribution < -0.4 is 16.8 Å². The SMILES string of the molecule is Cl.NC(=O)C1CCCN1C(=O)O.NC(=O)[C@@H]1CCCN1. The summed E-state index contributed by atoms with van der Waals surface area (Å²) in [6, 6.07) is -0.650. The van der Waals surface area contributed by atoms with Crippen molar-refractivity contribution in [2.75, 3.05) is 13.1 Å². The van der Waals surface area contributed by atoms with E-state index in [4.69, 9.17) is 16.6 Å². The lowest BCUT2D eigenvalue weighted by Crippen LogP contribution is -2.42. The maximum absolute atomic E-state index is 10.6. The molecule has 0 aromatic carbocycles. The van der Waals surface area contributed by atoms with E-state index in [2.05, 4.69) is 5.32 Å². The first-order chi connectivity index (χ1) is 8.93. The van der Waals surface area contributed by atoms with Gasteiger partial charge in [-0.1, -0.05) is 0 Å². The van der Waals surface area contributed by atoms with E-state index in [1.165, 1.54) is 0 Å². The summed E-state index contributed by atoms with van der Waals surface area (Å²) in [6.07, 6.45) is 2.20. The van der Waals surface area contributed by atoms with E-state index < -0.39 is 18.0 Å². The number of rotatable bonds is 2. The number of likely N-dealkylation sites (tertiary alicyclic amines) is 1. The van der Waals surface area contributed by atoms with Gasteiger partial charge in [0, 0.05) is 6.54 Å². The van der Waals surface area contributed by atoms with Gasteiger partial charge in [-0.05, 0) is 32.2 Å². The number of nitrogens with two attached hydrogens (primary N) is 2. The molecular formula is C11H21ClN4O4. The summed E-state index contributed by atoms with van der Waals surface area (Å²) in [5.41, 5.74) is 9.98. The Labute approximate surface area is 123 Å². The molecule has 6 N–H and O–H groups in total. The first-order valence-electron chi connectivity index (χ1n) is 6.25. The summed E-state index contributed by atoms with van der Waals surface area (Å²) in [4.78, 5) is 32.5. The molecule has 0 bridgehead atoms. The van der Waals surface area contributed by atoms with Crippen LogP contribution in [0.2, 0.25) is 0 Å². The van der Waals surface area contributed by atoms with Crippen LogP contribution >= 0.6 is 12.4 Å². The molecule has 0 spiro atoms. The second-order valence-corrected chi connectivity index (χ2v) is 4.59. The molecule has 3 amide bonds. The number of nitrogens with zero attached hydrogens (tertiary/aromatic N) is 1. The molecule has 8 nitrogen and oxygen atoms in total. The summed E-state index contributed by atoms with van der Waals surface area (Å²) < 4.78 is 0. The van der Waals surface area contributed by atoms with Gasteiger partial charge in [-0.15, -0.1) is 12.4 Å². The van der Waals surface area contributed by atoms with Crippen molar-refractivity contribution >= 4 is 30.3 Å². The van der Waals surface area contributed by atoms with E-state index in [9.17, 15) is 14.4 Å². The van der Waals surface area contributed by atoms with Gasteiger partial charge in [-0.3, -0.25) is 14.5 Å². The molecule has 2 aliphatic heterocycles. The number of hydrogen-bond acceptors (Lipinski definition) is 4. The third-order valence-electron chi connectivity index (χ3n) is 3.23. The van der Waals surface area contributed by atoms with Crippen molar-refractivity contribution in [3.63, 3.8) is 0 Å². The maximum atomic E-state index is 10.6. The highest BCUT2D eigenvalue weighted by Gasteiger charge is 2.32. The molecule has 116 valence electrons.